The molecule has 2 heteroatoms. The average Bonchev–Trinajstić information content (AvgIpc) is 2.23. The Morgan fingerprint density at radius 1 is 0.458 bits per heavy atom. The topological polar surface area (TPSA) is 0 Å². The van der Waals surface area contributed by atoms with Gasteiger partial charge in [-0.3, -0.25) is 0 Å². The molecule has 2 atom stereocenters. The summed E-state index contributed by atoms with van der Waals surface area (Å²) >= 11 is 0. The zero-order chi connectivity index (χ0) is 19.1. The fourth-order valence-corrected chi connectivity index (χ4v) is 16.4. The van der Waals surface area contributed by atoms with Crippen molar-refractivity contribution in [2.45, 2.75) is 141 Å². The van der Waals surface area contributed by atoms with E-state index in [4.69, 9.17) is 0 Å². The molecule has 0 N–H and O–H groups in total. The van der Waals surface area contributed by atoms with Gasteiger partial charge in [0.1, 0.15) is 0 Å². The fraction of sp³-hybridized carbons (Fsp3) is 1.00. The summed E-state index contributed by atoms with van der Waals surface area (Å²) < 4.78 is 0. The largest absolute Gasteiger partial charge is 0.0918 e. The molecule has 1 saturated carbocycles. The molecule has 1 rings (SSSR count). The molecule has 0 spiro atoms. The highest BCUT2D eigenvalue weighted by Crippen LogP contribution is 2.73. The van der Waals surface area contributed by atoms with Crippen molar-refractivity contribution in [3.8, 4) is 0 Å². The lowest BCUT2D eigenvalue weighted by Crippen LogP contribution is -2.43. The van der Waals surface area contributed by atoms with Gasteiger partial charge in [-0.05, 0) is 44.8 Å². The van der Waals surface area contributed by atoms with Crippen molar-refractivity contribution < 1.29 is 0 Å². The van der Waals surface area contributed by atoms with Gasteiger partial charge in [0.15, 0.2) is 0 Å². The van der Waals surface area contributed by atoms with Crippen molar-refractivity contribution >= 4 is 15.8 Å². The quantitative estimate of drug-likeness (QED) is 0.426. The normalized spacial score (nSPS) is 24.8. The Hall–Kier alpha value is 0.860. The Morgan fingerprint density at radius 3 is 0.833 bits per heavy atom. The molecule has 0 amide bonds. The first kappa shape index (κ1) is 22.9. The summed E-state index contributed by atoms with van der Waals surface area (Å²) in [5.74, 6) is 0. The third kappa shape index (κ3) is 5.68. The second-order valence-electron chi connectivity index (χ2n) is 11.8. The third-order valence-corrected chi connectivity index (χ3v) is 13.8. The van der Waals surface area contributed by atoms with Gasteiger partial charge in [-0.25, -0.2) is 0 Å². The van der Waals surface area contributed by atoms with Crippen LogP contribution in [0.25, 0.3) is 0 Å². The Morgan fingerprint density at radius 2 is 0.667 bits per heavy atom. The minimum absolute atomic E-state index is 0.0108. The summed E-state index contributed by atoms with van der Waals surface area (Å²) in [6.45, 7) is 30.2. The summed E-state index contributed by atoms with van der Waals surface area (Å²) in [7, 11) is -0.0216. The predicted octanol–water partition coefficient (Wildman–Crippen LogP) is 8.46. The monoisotopic (exact) mass is 372 g/mol. The van der Waals surface area contributed by atoms with Crippen LogP contribution in [-0.4, -0.2) is 31.9 Å². The minimum atomic E-state index is -0.0108. The molecule has 0 aromatic rings. The van der Waals surface area contributed by atoms with Gasteiger partial charge in [-0.2, -0.15) is 0 Å². The van der Waals surface area contributed by atoms with E-state index < -0.39 is 0 Å². The van der Waals surface area contributed by atoms with Crippen LogP contribution in [0.15, 0.2) is 0 Å². The van der Waals surface area contributed by atoms with Gasteiger partial charge in [0.05, 0.1) is 0 Å². The Kier molecular flexibility index (Phi) is 7.13. The molecule has 0 radical (unpaired) electrons. The zero-order valence-corrected chi connectivity index (χ0v) is 20.7. The van der Waals surface area contributed by atoms with Gasteiger partial charge in [0.25, 0.3) is 0 Å². The molecule has 2 unspecified atom stereocenters. The maximum atomic E-state index is 2.52. The minimum Gasteiger partial charge on any atom is -0.0918 e. The smallest absolute Gasteiger partial charge is 0.0132 e. The highest BCUT2D eigenvalue weighted by Gasteiger charge is 2.49. The lowest BCUT2D eigenvalue weighted by Gasteiger charge is -2.56. The second kappa shape index (κ2) is 7.47. The van der Waals surface area contributed by atoms with E-state index >= 15 is 0 Å². The number of rotatable bonds is 2. The van der Waals surface area contributed by atoms with Crippen molar-refractivity contribution in [1.29, 1.82) is 0 Å². The van der Waals surface area contributed by atoms with Crippen LogP contribution in [-0.2, 0) is 0 Å². The molecule has 0 aliphatic heterocycles. The highest BCUT2D eigenvalue weighted by molar-refractivity contribution is 7.66. The molecule has 24 heavy (non-hydrogen) atoms. The fourth-order valence-electron chi connectivity index (χ4n) is 5.70. The van der Waals surface area contributed by atoms with Gasteiger partial charge < -0.3 is 0 Å². The lowest BCUT2D eigenvalue weighted by atomic mass is 9.99. The van der Waals surface area contributed by atoms with Crippen molar-refractivity contribution in [2.24, 2.45) is 0 Å². The summed E-state index contributed by atoms with van der Waals surface area (Å²) in [5.41, 5.74) is 1.91. The van der Waals surface area contributed by atoms with Crippen LogP contribution in [0.3, 0.4) is 0 Å². The molecule has 0 heterocycles. The van der Waals surface area contributed by atoms with Gasteiger partial charge in [0, 0.05) is 0 Å². The van der Waals surface area contributed by atoms with Crippen molar-refractivity contribution in [1.82, 2.24) is 0 Å². The van der Waals surface area contributed by atoms with E-state index in [1.807, 2.05) is 0 Å². The van der Waals surface area contributed by atoms with Crippen LogP contribution >= 0.6 is 15.8 Å². The molecular formula is C22H46P2. The molecule has 1 aliphatic rings. The zero-order valence-electron chi connectivity index (χ0n) is 18.9. The van der Waals surface area contributed by atoms with E-state index in [-0.39, 0.29) is 15.8 Å². The Bertz CT molecular complexity index is 330. The first-order chi connectivity index (χ1) is 10.5. The first-order valence-electron chi connectivity index (χ1n) is 10.1. The van der Waals surface area contributed by atoms with E-state index in [9.17, 15) is 0 Å². The van der Waals surface area contributed by atoms with Crippen LogP contribution in [0.2, 0.25) is 0 Å². The Labute approximate surface area is 156 Å². The van der Waals surface area contributed by atoms with Crippen LogP contribution in [0.5, 0.6) is 0 Å². The van der Waals surface area contributed by atoms with Gasteiger partial charge >= 0.3 is 0 Å². The maximum Gasteiger partial charge on any atom is -0.0132 e. The summed E-state index contributed by atoms with van der Waals surface area (Å²) in [6, 6.07) is 0. The van der Waals surface area contributed by atoms with Gasteiger partial charge in [0.2, 0.25) is 0 Å². The van der Waals surface area contributed by atoms with Crippen molar-refractivity contribution in [2.75, 3.05) is 0 Å². The molecule has 1 fully saturated rings. The van der Waals surface area contributed by atoms with Crippen LogP contribution in [0, 0.1) is 0 Å². The lowest BCUT2D eigenvalue weighted by molar-refractivity contribution is 0.491. The highest BCUT2D eigenvalue weighted by atomic mass is 31.1. The molecule has 0 aromatic heterocycles. The van der Waals surface area contributed by atoms with Gasteiger partial charge in [-0.1, -0.05) is 112 Å². The summed E-state index contributed by atoms with van der Waals surface area (Å²) in [4.78, 5) is 0. The van der Waals surface area contributed by atoms with Crippen LogP contribution in [0.1, 0.15) is 109 Å². The standard InChI is InChI=1S/C22H46P2/c1-19(2,3)23(20(4,5)6)17-15-13-14-16-18(17)24(21(7,8)9)22(10,11)12/h17-18H,13-16H2,1-12H3. The summed E-state index contributed by atoms with van der Waals surface area (Å²) in [5, 5.41) is 1.80. The van der Waals surface area contributed by atoms with Crippen LogP contribution < -0.4 is 0 Å². The second-order valence-corrected chi connectivity index (χ2v) is 20.0. The van der Waals surface area contributed by atoms with E-state index in [0.717, 1.165) is 11.3 Å². The molecule has 0 bridgehead atoms. The molecule has 1 aliphatic carbocycles. The Balaban J connectivity index is 3.38. The van der Waals surface area contributed by atoms with Crippen LogP contribution in [0.4, 0.5) is 0 Å². The summed E-state index contributed by atoms with van der Waals surface area (Å²) in [6.07, 6.45) is 5.89. The predicted molar refractivity (Wildman–Crippen MR) is 119 cm³/mol. The maximum absolute atomic E-state index is 2.52. The molecule has 0 aromatic carbocycles. The third-order valence-electron chi connectivity index (χ3n) is 5.25. The number of hydrogen-bond donors (Lipinski definition) is 0. The van der Waals surface area contributed by atoms with E-state index in [1.165, 1.54) is 25.7 Å². The van der Waals surface area contributed by atoms with Gasteiger partial charge in [-0.15, -0.1) is 0 Å². The molecule has 0 nitrogen and oxygen atoms in total. The first-order valence-corrected chi connectivity index (χ1v) is 12.9. The van der Waals surface area contributed by atoms with Crippen molar-refractivity contribution in [3.05, 3.63) is 0 Å². The SMILES string of the molecule is CC(C)(C)P(C1CCCCC1P(C(C)(C)C)C(C)(C)C)C(C)(C)C. The number of hydrogen-bond acceptors (Lipinski definition) is 0. The average molecular weight is 373 g/mol. The van der Waals surface area contributed by atoms with Crippen molar-refractivity contribution in [3.63, 3.8) is 0 Å². The van der Waals surface area contributed by atoms with E-state index in [2.05, 4.69) is 83.1 Å². The molecule has 144 valence electrons. The molecule has 0 saturated heterocycles. The van der Waals surface area contributed by atoms with E-state index in [1.54, 1.807) is 0 Å². The van der Waals surface area contributed by atoms with E-state index in [0.29, 0.717) is 20.6 Å². The molecular weight excluding hydrogens is 326 g/mol.